The molecule has 0 saturated carbocycles. The predicted octanol–water partition coefficient (Wildman–Crippen LogP) is 4.20. The number of nitrogens with zero attached hydrogens (tertiary/aromatic N) is 2. The lowest BCUT2D eigenvalue weighted by Crippen LogP contribution is -2.23. The molecule has 0 fully saturated rings. The fourth-order valence-electron chi connectivity index (χ4n) is 3.58. The van der Waals surface area contributed by atoms with E-state index in [4.69, 9.17) is 5.11 Å². The van der Waals surface area contributed by atoms with Gasteiger partial charge in [0.25, 0.3) is 5.56 Å². The Balaban J connectivity index is 2.01. The summed E-state index contributed by atoms with van der Waals surface area (Å²) in [5.74, 6) is -1.42. The van der Waals surface area contributed by atoms with Crippen LogP contribution in [0.3, 0.4) is 0 Å². The van der Waals surface area contributed by atoms with Crippen LogP contribution < -0.4 is 5.56 Å². The second-order valence-corrected chi connectivity index (χ2v) is 8.64. The zero-order valence-electron chi connectivity index (χ0n) is 14.6. The summed E-state index contributed by atoms with van der Waals surface area (Å²) in [7, 11) is 0. The number of rotatable bonds is 4. The summed E-state index contributed by atoms with van der Waals surface area (Å²) in [5.41, 5.74) is 1.15. The first-order chi connectivity index (χ1) is 13.0. The van der Waals surface area contributed by atoms with Gasteiger partial charge >= 0.3 is 5.97 Å². The minimum atomic E-state index is -1.00. The van der Waals surface area contributed by atoms with Crippen LogP contribution in [0.1, 0.15) is 36.1 Å². The highest BCUT2D eigenvalue weighted by atomic mass is 32.2. The van der Waals surface area contributed by atoms with Crippen molar-refractivity contribution in [3.8, 4) is 5.69 Å². The zero-order chi connectivity index (χ0) is 19.1. The standard InChI is InChI=1S/C19H17FN2O3S2/c1-10-4-2-7-13-15(10)16-17(27-13)21-19(26-9-14(23)24)22(18(16)25)12-6-3-5-11(20)8-12/h3,5-6,8,10H,2,4,7,9H2,1H3,(H,23,24). The number of aryl methyl sites for hydroxylation is 1. The third-order valence-electron chi connectivity index (χ3n) is 4.73. The molecule has 1 unspecified atom stereocenters. The van der Waals surface area contributed by atoms with Gasteiger partial charge in [-0.3, -0.25) is 14.2 Å². The van der Waals surface area contributed by atoms with Crippen LogP contribution in [-0.2, 0) is 11.2 Å². The molecule has 3 aromatic rings. The topological polar surface area (TPSA) is 72.2 Å². The van der Waals surface area contributed by atoms with Gasteiger partial charge in [-0.15, -0.1) is 11.3 Å². The summed E-state index contributed by atoms with van der Waals surface area (Å²) in [6, 6.07) is 5.73. The van der Waals surface area contributed by atoms with E-state index in [9.17, 15) is 14.0 Å². The molecule has 1 aliphatic rings. The molecule has 0 amide bonds. The predicted molar refractivity (Wildman–Crippen MR) is 105 cm³/mol. The second kappa shape index (κ2) is 7.09. The van der Waals surface area contributed by atoms with Crippen molar-refractivity contribution in [1.82, 2.24) is 9.55 Å². The van der Waals surface area contributed by atoms with E-state index in [1.807, 2.05) is 0 Å². The molecule has 5 nitrogen and oxygen atoms in total. The van der Waals surface area contributed by atoms with Gasteiger partial charge in [-0.25, -0.2) is 9.37 Å². The molecule has 2 aromatic heterocycles. The number of hydrogen-bond acceptors (Lipinski definition) is 5. The van der Waals surface area contributed by atoms with E-state index in [0.29, 0.717) is 15.9 Å². The normalized spacial score (nSPS) is 16.4. The largest absolute Gasteiger partial charge is 0.481 e. The van der Waals surface area contributed by atoms with Crippen LogP contribution in [0.15, 0.2) is 34.2 Å². The highest BCUT2D eigenvalue weighted by molar-refractivity contribution is 7.99. The number of benzene rings is 1. The highest BCUT2D eigenvalue weighted by Crippen LogP contribution is 2.40. The van der Waals surface area contributed by atoms with Crippen molar-refractivity contribution in [2.75, 3.05) is 5.75 Å². The lowest BCUT2D eigenvalue weighted by Gasteiger charge is -2.19. The zero-order valence-corrected chi connectivity index (χ0v) is 16.2. The van der Waals surface area contributed by atoms with Gasteiger partial charge in [-0.05, 0) is 48.9 Å². The Morgan fingerprint density at radius 2 is 2.30 bits per heavy atom. The van der Waals surface area contributed by atoms with Gasteiger partial charge in [0.05, 0.1) is 16.8 Å². The summed E-state index contributed by atoms with van der Waals surface area (Å²) >= 11 is 2.48. The monoisotopic (exact) mass is 404 g/mol. The Labute approximate surface area is 162 Å². The van der Waals surface area contributed by atoms with Crippen LogP contribution >= 0.6 is 23.1 Å². The number of fused-ring (bicyclic) bond motifs is 3. The average molecular weight is 404 g/mol. The molecular formula is C19H17FN2O3S2. The molecule has 1 N–H and O–H groups in total. The summed E-state index contributed by atoms with van der Waals surface area (Å²) in [4.78, 5) is 30.9. The number of carboxylic acids is 1. The number of carboxylic acid groups (broad SMARTS) is 1. The van der Waals surface area contributed by atoms with Crippen molar-refractivity contribution in [2.45, 2.75) is 37.3 Å². The Morgan fingerprint density at radius 1 is 1.48 bits per heavy atom. The molecule has 0 saturated heterocycles. The molecule has 2 heterocycles. The number of halogens is 1. The molecule has 8 heteroatoms. The van der Waals surface area contributed by atoms with E-state index in [1.165, 1.54) is 39.0 Å². The number of thioether (sulfide) groups is 1. The van der Waals surface area contributed by atoms with E-state index in [0.717, 1.165) is 36.6 Å². The van der Waals surface area contributed by atoms with Crippen LogP contribution in [0.25, 0.3) is 15.9 Å². The molecule has 0 bridgehead atoms. The second-order valence-electron chi connectivity index (χ2n) is 6.61. The first-order valence-electron chi connectivity index (χ1n) is 8.64. The van der Waals surface area contributed by atoms with Gasteiger partial charge in [0.15, 0.2) is 5.16 Å². The lowest BCUT2D eigenvalue weighted by atomic mass is 9.88. The maximum atomic E-state index is 13.8. The maximum absolute atomic E-state index is 13.8. The van der Waals surface area contributed by atoms with Crippen LogP contribution in [0.4, 0.5) is 4.39 Å². The first-order valence-corrected chi connectivity index (χ1v) is 10.4. The van der Waals surface area contributed by atoms with Crippen molar-refractivity contribution in [2.24, 2.45) is 0 Å². The molecule has 140 valence electrons. The number of hydrogen-bond donors (Lipinski definition) is 1. The Kier molecular flexibility index (Phi) is 4.77. The molecule has 0 radical (unpaired) electrons. The van der Waals surface area contributed by atoms with Gasteiger partial charge in [0.2, 0.25) is 0 Å². The van der Waals surface area contributed by atoms with Gasteiger partial charge < -0.3 is 5.11 Å². The third kappa shape index (κ3) is 3.27. The molecule has 0 aliphatic heterocycles. The van der Waals surface area contributed by atoms with Gasteiger partial charge in [-0.2, -0.15) is 0 Å². The van der Waals surface area contributed by atoms with E-state index in [-0.39, 0.29) is 22.4 Å². The highest BCUT2D eigenvalue weighted by Gasteiger charge is 2.26. The third-order valence-corrected chi connectivity index (χ3v) is 6.82. The summed E-state index contributed by atoms with van der Waals surface area (Å²) in [5, 5.41) is 9.90. The van der Waals surface area contributed by atoms with E-state index in [1.54, 1.807) is 6.07 Å². The molecule has 4 rings (SSSR count). The molecule has 1 aromatic carbocycles. The van der Waals surface area contributed by atoms with Crippen LogP contribution in [-0.4, -0.2) is 26.4 Å². The van der Waals surface area contributed by atoms with Crippen molar-refractivity contribution in [1.29, 1.82) is 0 Å². The maximum Gasteiger partial charge on any atom is 0.313 e. The van der Waals surface area contributed by atoms with Gasteiger partial charge in [-0.1, -0.05) is 24.8 Å². The Morgan fingerprint density at radius 3 is 3.04 bits per heavy atom. The van der Waals surface area contributed by atoms with Crippen LogP contribution in [0.2, 0.25) is 0 Å². The minimum absolute atomic E-state index is 0.227. The average Bonchev–Trinajstić information content (AvgIpc) is 3.00. The fraction of sp³-hybridized carbons (Fsp3) is 0.316. The van der Waals surface area contributed by atoms with Gasteiger partial charge in [0.1, 0.15) is 10.6 Å². The number of aliphatic carboxylic acids is 1. The van der Waals surface area contributed by atoms with Crippen molar-refractivity contribution in [3.63, 3.8) is 0 Å². The summed E-state index contributed by atoms with van der Waals surface area (Å²) in [6.07, 6.45) is 3.03. The van der Waals surface area contributed by atoms with E-state index in [2.05, 4.69) is 11.9 Å². The number of aromatic nitrogens is 2. The molecule has 27 heavy (non-hydrogen) atoms. The van der Waals surface area contributed by atoms with E-state index < -0.39 is 11.8 Å². The molecule has 1 aliphatic carbocycles. The molecule has 0 spiro atoms. The number of carbonyl (C=O) groups is 1. The lowest BCUT2D eigenvalue weighted by molar-refractivity contribution is -0.133. The first kappa shape index (κ1) is 18.2. The van der Waals surface area contributed by atoms with Crippen LogP contribution in [0.5, 0.6) is 0 Å². The van der Waals surface area contributed by atoms with Gasteiger partial charge in [0, 0.05) is 4.88 Å². The van der Waals surface area contributed by atoms with Crippen LogP contribution in [0, 0.1) is 5.82 Å². The quantitative estimate of drug-likeness (QED) is 0.521. The minimum Gasteiger partial charge on any atom is -0.481 e. The van der Waals surface area contributed by atoms with Crippen molar-refractivity contribution >= 4 is 39.3 Å². The smallest absolute Gasteiger partial charge is 0.313 e. The van der Waals surface area contributed by atoms with Crippen molar-refractivity contribution in [3.05, 3.63) is 50.9 Å². The molecule has 1 atom stereocenters. The SMILES string of the molecule is CC1CCCc2sc3nc(SCC(=O)O)n(-c4cccc(F)c4)c(=O)c3c21. The Bertz CT molecular complexity index is 1110. The van der Waals surface area contributed by atoms with Crippen molar-refractivity contribution < 1.29 is 14.3 Å². The Hall–Kier alpha value is -2.19. The van der Waals surface area contributed by atoms with E-state index >= 15 is 0 Å². The molecular weight excluding hydrogens is 387 g/mol. The summed E-state index contributed by atoms with van der Waals surface area (Å²) < 4.78 is 15.1. The number of thiophene rings is 1. The summed E-state index contributed by atoms with van der Waals surface area (Å²) in [6.45, 7) is 2.11. The fourth-order valence-corrected chi connectivity index (χ4v) is 5.69.